The van der Waals surface area contributed by atoms with Crippen LogP contribution < -0.4 is 10.8 Å². The molecule has 1 aliphatic rings. The summed E-state index contributed by atoms with van der Waals surface area (Å²) in [6, 6.07) is -0.0434. The van der Waals surface area contributed by atoms with Gasteiger partial charge in [0.25, 0.3) is 0 Å². The highest BCUT2D eigenvalue weighted by Gasteiger charge is 2.19. The van der Waals surface area contributed by atoms with E-state index in [9.17, 15) is 4.79 Å². The van der Waals surface area contributed by atoms with E-state index in [0.29, 0.717) is 6.10 Å². The number of carbonyl (C=O) groups excluding carboxylic acids is 1. The molecule has 0 radical (unpaired) electrons. The molecule has 0 saturated heterocycles. The van der Waals surface area contributed by atoms with Crippen molar-refractivity contribution < 1.29 is 9.63 Å². The Kier molecular flexibility index (Phi) is 6.52. The third kappa shape index (κ3) is 5.50. The van der Waals surface area contributed by atoms with Crippen molar-refractivity contribution in [2.45, 2.75) is 77.5 Å². The number of rotatable bonds is 7. The molecule has 0 spiro atoms. The normalized spacial score (nSPS) is 20.2. The van der Waals surface area contributed by atoms with E-state index in [1.165, 1.54) is 12.8 Å². The monoisotopic (exact) mass is 242 g/mol. The molecule has 1 fully saturated rings. The van der Waals surface area contributed by atoms with Gasteiger partial charge in [-0.2, -0.15) is 5.48 Å². The minimum atomic E-state index is -0.282. The lowest BCUT2D eigenvalue weighted by atomic mass is 10.2. The number of amides is 1. The van der Waals surface area contributed by atoms with Gasteiger partial charge in [0.15, 0.2) is 0 Å². The SMILES string of the molecule is CCCC(C)NC(=O)C(C)NOC1CCCC1. The van der Waals surface area contributed by atoms with Gasteiger partial charge in [-0.15, -0.1) is 0 Å². The van der Waals surface area contributed by atoms with Crippen LogP contribution in [0.5, 0.6) is 0 Å². The molecular formula is C13H26N2O2. The molecule has 4 nitrogen and oxygen atoms in total. The molecule has 1 saturated carbocycles. The molecule has 0 aromatic rings. The summed E-state index contributed by atoms with van der Waals surface area (Å²) in [4.78, 5) is 17.3. The highest BCUT2D eigenvalue weighted by molar-refractivity contribution is 5.81. The van der Waals surface area contributed by atoms with Crippen LogP contribution in [0.15, 0.2) is 0 Å². The maximum absolute atomic E-state index is 11.8. The minimum Gasteiger partial charge on any atom is -0.352 e. The molecule has 0 bridgehead atoms. The van der Waals surface area contributed by atoms with Crippen molar-refractivity contribution in [2.75, 3.05) is 0 Å². The van der Waals surface area contributed by atoms with Crippen LogP contribution in [0.4, 0.5) is 0 Å². The summed E-state index contributed by atoms with van der Waals surface area (Å²) in [7, 11) is 0. The van der Waals surface area contributed by atoms with Crippen LogP contribution in [-0.4, -0.2) is 24.1 Å². The molecule has 2 N–H and O–H groups in total. The molecule has 17 heavy (non-hydrogen) atoms. The highest BCUT2D eigenvalue weighted by Crippen LogP contribution is 2.19. The van der Waals surface area contributed by atoms with Crippen LogP contribution in [0.25, 0.3) is 0 Å². The smallest absolute Gasteiger partial charge is 0.239 e. The van der Waals surface area contributed by atoms with E-state index in [2.05, 4.69) is 17.7 Å². The lowest BCUT2D eigenvalue weighted by Gasteiger charge is -2.19. The van der Waals surface area contributed by atoms with Crippen molar-refractivity contribution in [1.82, 2.24) is 10.8 Å². The fourth-order valence-electron chi connectivity index (χ4n) is 2.13. The Hall–Kier alpha value is -0.610. The summed E-state index contributed by atoms with van der Waals surface area (Å²) < 4.78 is 0. The molecule has 1 rings (SSSR count). The van der Waals surface area contributed by atoms with Crippen molar-refractivity contribution in [1.29, 1.82) is 0 Å². The Balaban J connectivity index is 2.16. The lowest BCUT2D eigenvalue weighted by molar-refractivity contribution is -0.129. The second kappa shape index (κ2) is 7.67. The fraction of sp³-hybridized carbons (Fsp3) is 0.923. The fourth-order valence-corrected chi connectivity index (χ4v) is 2.13. The van der Waals surface area contributed by atoms with Gasteiger partial charge in [-0.25, -0.2) is 0 Å². The first-order valence-corrected chi connectivity index (χ1v) is 6.85. The first-order valence-electron chi connectivity index (χ1n) is 6.85. The molecule has 0 aromatic heterocycles. The molecule has 1 amide bonds. The second-order valence-electron chi connectivity index (χ2n) is 5.06. The van der Waals surface area contributed by atoms with Gasteiger partial charge in [0, 0.05) is 6.04 Å². The molecule has 2 atom stereocenters. The summed E-state index contributed by atoms with van der Waals surface area (Å²) in [5.41, 5.74) is 2.86. The molecule has 0 heterocycles. The molecule has 4 heteroatoms. The molecule has 2 unspecified atom stereocenters. The van der Waals surface area contributed by atoms with Crippen LogP contribution in [-0.2, 0) is 9.63 Å². The summed E-state index contributed by atoms with van der Waals surface area (Å²) in [5, 5.41) is 2.97. The molecule has 100 valence electrons. The molecule has 0 aromatic carbocycles. The molecule has 1 aliphatic carbocycles. The zero-order chi connectivity index (χ0) is 12.7. The van der Waals surface area contributed by atoms with E-state index in [-0.39, 0.29) is 18.0 Å². The Morgan fingerprint density at radius 3 is 2.59 bits per heavy atom. The van der Waals surface area contributed by atoms with Gasteiger partial charge in [-0.3, -0.25) is 9.63 Å². The largest absolute Gasteiger partial charge is 0.352 e. The van der Waals surface area contributed by atoms with Gasteiger partial charge in [0.05, 0.1) is 6.10 Å². The standard InChI is InChI=1S/C13H26N2O2/c1-4-7-10(2)14-13(16)11(3)15-17-12-8-5-6-9-12/h10-12,15H,4-9H2,1-3H3,(H,14,16). The third-order valence-corrected chi connectivity index (χ3v) is 3.22. The number of nitrogens with one attached hydrogen (secondary N) is 2. The van der Waals surface area contributed by atoms with Gasteiger partial charge in [0.2, 0.25) is 5.91 Å². The zero-order valence-corrected chi connectivity index (χ0v) is 11.3. The summed E-state index contributed by atoms with van der Waals surface area (Å²) in [6.07, 6.45) is 7.07. The van der Waals surface area contributed by atoms with E-state index in [4.69, 9.17) is 4.84 Å². The Labute approximate surface area is 104 Å². The van der Waals surface area contributed by atoms with E-state index in [1.54, 1.807) is 0 Å². The van der Waals surface area contributed by atoms with E-state index >= 15 is 0 Å². The van der Waals surface area contributed by atoms with E-state index in [1.807, 2.05) is 13.8 Å². The van der Waals surface area contributed by atoms with Crippen molar-refractivity contribution in [3.63, 3.8) is 0 Å². The van der Waals surface area contributed by atoms with Crippen LogP contribution in [0.1, 0.15) is 59.3 Å². The van der Waals surface area contributed by atoms with Crippen LogP contribution in [0, 0.1) is 0 Å². The van der Waals surface area contributed by atoms with Gasteiger partial charge in [0.1, 0.15) is 6.04 Å². The average molecular weight is 242 g/mol. The minimum absolute atomic E-state index is 0.0175. The predicted molar refractivity (Wildman–Crippen MR) is 68.5 cm³/mol. The van der Waals surface area contributed by atoms with Crippen molar-refractivity contribution in [3.8, 4) is 0 Å². The van der Waals surface area contributed by atoms with Crippen LogP contribution in [0.3, 0.4) is 0 Å². The topological polar surface area (TPSA) is 50.4 Å². The highest BCUT2D eigenvalue weighted by atomic mass is 16.7. The van der Waals surface area contributed by atoms with Crippen LogP contribution >= 0.6 is 0 Å². The number of carbonyl (C=O) groups is 1. The van der Waals surface area contributed by atoms with E-state index in [0.717, 1.165) is 25.7 Å². The maximum atomic E-state index is 11.8. The summed E-state index contributed by atoms with van der Waals surface area (Å²) in [5.74, 6) is 0.0175. The van der Waals surface area contributed by atoms with Gasteiger partial charge >= 0.3 is 0 Å². The predicted octanol–water partition coefficient (Wildman–Crippen LogP) is 2.14. The first kappa shape index (κ1) is 14.5. The van der Waals surface area contributed by atoms with Crippen LogP contribution in [0.2, 0.25) is 0 Å². The number of hydrogen-bond acceptors (Lipinski definition) is 3. The summed E-state index contributed by atoms with van der Waals surface area (Å²) >= 11 is 0. The Morgan fingerprint density at radius 1 is 1.35 bits per heavy atom. The number of hydroxylamine groups is 1. The Bertz CT molecular complexity index is 227. The number of hydrogen-bond donors (Lipinski definition) is 2. The Morgan fingerprint density at radius 2 is 2.00 bits per heavy atom. The maximum Gasteiger partial charge on any atom is 0.239 e. The zero-order valence-electron chi connectivity index (χ0n) is 11.3. The van der Waals surface area contributed by atoms with Gasteiger partial charge < -0.3 is 5.32 Å². The molecule has 0 aliphatic heterocycles. The first-order chi connectivity index (χ1) is 8.13. The lowest BCUT2D eigenvalue weighted by Crippen LogP contribution is -2.46. The third-order valence-electron chi connectivity index (χ3n) is 3.22. The molecular weight excluding hydrogens is 216 g/mol. The van der Waals surface area contributed by atoms with Crippen molar-refractivity contribution in [2.24, 2.45) is 0 Å². The average Bonchev–Trinajstić information content (AvgIpc) is 2.78. The quantitative estimate of drug-likeness (QED) is 0.673. The second-order valence-corrected chi connectivity index (χ2v) is 5.06. The van der Waals surface area contributed by atoms with Crippen molar-refractivity contribution in [3.05, 3.63) is 0 Å². The van der Waals surface area contributed by atoms with Crippen molar-refractivity contribution >= 4 is 5.91 Å². The summed E-state index contributed by atoms with van der Waals surface area (Å²) in [6.45, 7) is 5.99. The van der Waals surface area contributed by atoms with Gasteiger partial charge in [-0.05, 0) is 33.1 Å². The van der Waals surface area contributed by atoms with E-state index < -0.39 is 0 Å². The van der Waals surface area contributed by atoms with Gasteiger partial charge in [-0.1, -0.05) is 26.2 Å².